The molecule has 0 bridgehead atoms. The van der Waals surface area contributed by atoms with Gasteiger partial charge in [-0.05, 0) is 25.0 Å². The van der Waals surface area contributed by atoms with E-state index in [1.165, 1.54) is 0 Å². The molecule has 2 aromatic heterocycles. The van der Waals surface area contributed by atoms with Gasteiger partial charge in [0, 0.05) is 37.8 Å². The average Bonchev–Trinajstić information content (AvgIpc) is 2.99. The highest BCUT2D eigenvalue weighted by Crippen LogP contribution is 2.18. The number of pyridine rings is 1. The molecule has 0 saturated carbocycles. The minimum atomic E-state index is 0.291. The lowest BCUT2D eigenvalue weighted by molar-refractivity contribution is 0.207. The van der Waals surface area contributed by atoms with Gasteiger partial charge in [-0.1, -0.05) is 25.1 Å². The smallest absolute Gasteiger partial charge is 0.321 e. The first kappa shape index (κ1) is 15.0. The molecule has 0 atom stereocenters. The van der Waals surface area contributed by atoms with Crippen molar-refractivity contribution >= 4 is 6.01 Å². The molecule has 0 spiro atoms. The van der Waals surface area contributed by atoms with Gasteiger partial charge in [0.25, 0.3) is 0 Å². The van der Waals surface area contributed by atoms with Crippen LogP contribution >= 0.6 is 0 Å². The van der Waals surface area contributed by atoms with Crippen molar-refractivity contribution in [3.8, 4) is 0 Å². The van der Waals surface area contributed by atoms with E-state index >= 15 is 0 Å². The van der Waals surface area contributed by atoms with Gasteiger partial charge in [0.2, 0.25) is 0 Å². The zero-order valence-corrected chi connectivity index (χ0v) is 13.2. The Hall–Kier alpha value is -1.95. The largest absolute Gasteiger partial charge is 0.335 e. The molecule has 0 aliphatic carbocycles. The molecule has 1 saturated heterocycles. The van der Waals surface area contributed by atoms with Crippen LogP contribution in [0.25, 0.3) is 0 Å². The van der Waals surface area contributed by atoms with Gasteiger partial charge in [-0.15, -0.1) is 0 Å². The summed E-state index contributed by atoms with van der Waals surface area (Å²) >= 11 is 0. The third-order valence-electron chi connectivity index (χ3n) is 3.99. The average molecular weight is 301 g/mol. The molecule has 3 rings (SSSR count). The molecular weight excluding hydrogens is 278 g/mol. The van der Waals surface area contributed by atoms with Gasteiger partial charge in [0.1, 0.15) is 0 Å². The van der Waals surface area contributed by atoms with E-state index in [1.807, 2.05) is 18.3 Å². The van der Waals surface area contributed by atoms with Crippen molar-refractivity contribution in [2.45, 2.75) is 45.2 Å². The van der Waals surface area contributed by atoms with Gasteiger partial charge in [-0.2, -0.15) is 4.98 Å². The Bertz CT molecular complexity index is 575. The summed E-state index contributed by atoms with van der Waals surface area (Å²) in [5.74, 6) is 1.05. The van der Waals surface area contributed by atoms with E-state index in [4.69, 9.17) is 4.52 Å². The number of hydrogen-bond donors (Lipinski definition) is 1. The molecule has 1 aliphatic rings. The zero-order valence-electron chi connectivity index (χ0n) is 13.2. The summed E-state index contributed by atoms with van der Waals surface area (Å²) in [6.45, 7) is 7.15. The predicted octanol–water partition coefficient (Wildman–Crippen LogP) is 2.66. The van der Waals surface area contributed by atoms with Crippen LogP contribution in [0.5, 0.6) is 0 Å². The summed E-state index contributed by atoms with van der Waals surface area (Å²) in [7, 11) is 0. The lowest BCUT2D eigenvalue weighted by atomic mass is 10.1. The van der Waals surface area contributed by atoms with E-state index in [2.05, 4.69) is 45.3 Å². The summed E-state index contributed by atoms with van der Waals surface area (Å²) in [6.07, 6.45) is 4.00. The Labute approximate surface area is 130 Å². The van der Waals surface area contributed by atoms with Crippen LogP contribution in [0.3, 0.4) is 0 Å². The van der Waals surface area contributed by atoms with Crippen molar-refractivity contribution in [2.75, 3.05) is 18.4 Å². The number of anilines is 1. The van der Waals surface area contributed by atoms with Crippen LogP contribution in [0.15, 0.2) is 28.9 Å². The summed E-state index contributed by atoms with van der Waals surface area (Å²) in [5, 5.41) is 7.34. The van der Waals surface area contributed by atoms with Gasteiger partial charge >= 0.3 is 6.01 Å². The van der Waals surface area contributed by atoms with E-state index in [9.17, 15) is 0 Å². The molecule has 0 aromatic carbocycles. The SMILES string of the molecule is CC(C)c1noc(NC2CCN(Cc3ccccn3)CC2)n1. The van der Waals surface area contributed by atoms with Crippen molar-refractivity contribution in [1.29, 1.82) is 0 Å². The second-order valence-electron chi connectivity index (χ2n) is 6.13. The Morgan fingerprint density at radius 2 is 2.14 bits per heavy atom. The fourth-order valence-electron chi connectivity index (χ4n) is 2.66. The zero-order chi connectivity index (χ0) is 15.4. The third-order valence-corrected chi connectivity index (χ3v) is 3.99. The molecule has 6 nitrogen and oxygen atoms in total. The first-order chi connectivity index (χ1) is 10.7. The maximum absolute atomic E-state index is 5.26. The fraction of sp³-hybridized carbons (Fsp3) is 0.562. The quantitative estimate of drug-likeness (QED) is 0.916. The highest BCUT2D eigenvalue weighted by molar-refractivity contribution is 5.21. The normalized spacial score (nSPS) is 17.0. The van der Waals surface area contributed by atoms with Crippen LogP contribution in [0, 0.1) is 0 Å². The van der Waals surface area contributed by atoms with Crippen molar-refractivity contribution in [3.05, 3.63) is 35.9 Å². The topological polar surface area (TPSA) is 67.1 Å². The maximum atomic E-state index is 5.26. The number of nitrogens with zero attached hydrogens (tertiary/aromatic N) is 4. The molecule has 118 valence electrons. The van der Waals surface area contributed by atoms with Crippen LogP contribution in [0.1, 0.15) is 44.1 Å². The van der Waals surface area contributed by atoms with Crippen molar-refractivity contribution in [1.82, 2.24) is 20.0 Å². The van der Waals surface area contributed by atoms with E-state index in [0.717, 1.165) is 44.0 Å². The summed E-state index contributed by atoms with van der Waals surface area (Å²) in [6, 6.07) is 7.02. The Morgan fingerprint density at radius 3 is 2.77 bits per heavy atom. The number of rotatable bonds is 5. The Kier molecular flexibility index (Phi) is 4.68. The van der Waals surface area contributed by atoms with Gasteiger partial charge in [-0.25, -0.2) is 0 Å². The minimum absolute atomic E-state index is 0.291. The van der Waals surface area contributed by atoms with E-state index in [1.54, 1.807) is 0 Å². The Balaban J connectivity index is 1.47. The van der Waals surface area contributed by atoms with Crippen LogP contribution in [0.2, 0.25) is 0 Å². The molecule has 3 heterocycles. The van der Waals surface area contributed by atoms with E-state index in [-0.39, 0.29) is 0 Å². The number of hydrogen-bond acceptors (Lipinski definition) is 6. The van der Waals surface area contributed by atoms with Gasteiger partial charge in [0.05, 0.1) is 5.69 Å². The molecule has 1 N–H and O–H groups in total. The van der Waals surface area contributed by atoms with E-state index in [0.29, 0.717) is 18.0 Å². The van der Waals surface area contributed by atoms with Gasteiger partial charge in [-0.3, -0.25) is 9.88 Å². The molecule has 1 aliphatic heterocycles. The first-order valence-corrected chi connectivity index (χ1v) is 7.93. The van der Waals surface area contributed by atoms with Crippen molar-refractivity contribution in [3.63, 3.8) is 0 Å². The molecule has 2 aromatic rings. The van der Waals surface area contributed by atoms with Crippen molar-refractivity contribution in [2.24, 2.45) is 0 Å². The molecule has 0 unspecified atom stereocenters. The van der Waals surface area contributed by atoms with Gasteiger partial charge < -0.3 is 9.84 Å². The highest BCUT2D eigenvalue weighted by atomic mass is 16.5. The molecule has 6 heteroatoms. The second kappa shape index (κ2) is 6.87. The monoisotopic (exact) mass is 301 g/mol. The summed E-state index contributed by atoms with van der Waals surface area (Å²) in [4.78, 5) is 11.2. The lowest BCUT2D eigenvalue weighted by Crippen LogP contribution is -2.38. The van der Waals surface area contributed by atoms with Crippen molar-refractivity contribution < 1.29 is 4.52 Å². The molecule has 22 heavy (non-hydrogen) atoms. The number of aromatic nitrogens is 3. The molecule has 0 amide bonds. The predicted molar refractivity (Wildman–Crippen MR) is 84.5 cm³/mol. The summed E-state index contributed by atoms with van der Waals surface area (Å²) in [5.41, 5.74) is 1.13. The lowest BCUT2D eigenvalue weighted by Gasteiger charge is -2.31. The second-order valence-corrected chi connectivity index (χ2v) is 6.13. The molecule has 0 radical (unpaired) electrons. The molecule has 1 fully saturated rings. The van der Waals surface area contributed by atoms with Crippen LogP contribution in [0.4, 0.5) is 6.01 Å². The number of nitrogens with one attached hydrogen (secondary N) is 1. The minimum Gasteiger partial charge on any atom is -0.335 e. The number of likely N-dealkylation sites (tertiary alicyclic amines) is 1. The third kappa shape index (κ3) is 3.82. The van der Waals surface area contributed by atoms with E-state index < -0.39 is 0 Å². The Morgan fingerprint density at radius 1 is 1.32 bits per heavy atom. The van der Waals surface area contributed by atoms with Gasteiger partial charge in [0.15, 0.2) is 5.82 Å². The standard InChI is InChI=1S/C16H23N5O/c1-12(2)15-19-16(22-20-15)18-13-6-9-21(10-7-13)11-14-5-3-4-8-17-14/h3-5,8,12-13H,6-7,9-11H2,1-2H3,(H,18,19,20). The first-order valence-electron chi connectivity index (χ1n) is 7.93. The number of piperidine rings is 1. The fourth-order valence-corrected chi connectivity index (χ4v) is 2.66. The maximum Gasteiger partial charge on any atom is 0.321 e. The highest BCUT2D eigenvalue weighted by Gasteiger charge is 2.21. The summed E-state index contributed by atoms with van der Waals surface area (Å²) < 4.78 is 5.26. The van der Waals surface area contributed by atoms with Crippen LogP contribution in [-0.4, -0.2) is 39.2 Å². The van der Waals surface area contributed by atoms with Crippen LogP contribution in [-0.2, 0) is 6.54 Å². The van der Waals surface area contributed by atoms with Crippen LogP contribution < -0.4 is 5.32 Å². The molecular formula is C16H23N5O.